The first-order chi connectivity index (χ1) is 15.6. The van der Waals surface area contributed by atoms with Gasteiger partial charge in [-0.3, -0.25) is 14.5 Å². The lowest BCUT2D eigenvalue weighted by atomic mass is 9.96. The average Bonchev–Trinajstić information content (AvgIpc) is 2.84. The Balaban J connectivity index is 1.35. The summed E-state index contributed by atoms with van der Waals surface area (Å²) in [5, 5.41) is 4.40. The lowest BCUT2D eigenvalue weighted by molar-refractivity contribution is -0.137. The number of hydrogen-bond acceptors (Lipinski definition) is 5. The topological polar surface area (TPSA) is 61.7 Å². The monoisotopic (exact) mass is 437 g/mol. The quantitative estimate of drug-likeness (QED) is 0.666. The van der Waals surface area contributed by atoms with E-state index in [1.807, 2.05) is 35.2 Å². The van der Waals surface area contributed by atoms with Gasteiger partial charge in [-0.1, -0.05) is 43.7 Å². The molecule has 0 spiro atoms. The Hall–Kier alpha value is -2.67. The van der Waals surface area contributed by atoms with Crippen molar-refractivity contribution in [1.29, 1.82) is 0 Å². The molecule has 2 fully saturated rings. The number of benzene rings is 1. The van der Waals surface area contributed by atoms with Gasteiger partial charge < -0.3 is 9.80 Å². The lowest BCUT2D eigenvalue weighted by Crippen LogP contribution is -2.52. The van der Waals surface area contributed by atoms with Gasteiger partial charge in [-0.2, -0.15) is 5.10 Å². The molecule has 0 N–H and O–H groups in total. The zero-order valence-electron chi connectivity index (χ0n) is 19.2. The maximum Gasteiger partial charge on any atom is 0.269 e. The molecule has 1 aromatic heterocycles. The van der Waals surface area contributed by atoms with Crippen molar-refractivity contribution in [3.8, 4) is 0 Å². The van der Waals surface area contributed by atoms with Gasteiger partial charge in [0, 0.05) is 45.3 Å². The van der Waals surface area contributed by atoms with E-state index in [0.29, 0.717) is 13.1 Å². The second-order valence-corrected chi connectivity index (χ2v) is 9.00. The van der Waals surface area contributed by atoms with E-state index < -0.39 is 0 Å². The molecule has 2 aliphatic heterocycles. The molecular weight excluding hydrogens is 402 g/mol. The number of amides is 1. The summed E-state index contributed by atoms with van der Waals surface area (Å²) < 4.78 is 1.49. The van der Waals surface area contributed by atoms with Crippen molar-refractivity contribution in [2.24, 2.45) is 5.92 Å². The highest BCUT2D eigenvalue weighted by atomic mass is 16.2. The fourth-order valence-electron chi connectivity index (χ4n) is 4.72. The summed E-state index contributed by atoms with van der Waals surface area (Å²) in [5.41, 5.74) is 1.76. The summed E-state index contributed by atoms with van der Waals surface area (Å²) in [4.78, 5) is 32.5. The van der Waals surface area contributed by atoms with Crippen molar-refractivity contribution in [2.75, 3.05) is 50.7 Å². The third kappa shape index (κ3) is 5.57. The van der Waals surface area contributed by atoms with E-state index in [1.54, 1.807) is 12.3 Å². The summed E-state index contributed by atoms with van der Waals surface area (Å²) in [6, 6.07) is 11.5. The van der Waals surface area contributed by atoms with Crippen LogP contribution in [0.15, 0.2) is 47.4 Å². The largest absolute Gasteiger partial charge is 0.369 e. The molecule has 3 heterocycles. The van der Waals surface area contributed by atoms with E-state index >= 15 is 0 Å². The molecule has 2 aliphatic rings. The fraction of sp³-hybridized carbons (Fsp3) is 0.560. The molecule has 7 heteroatoms. The number of rotatable bonds is 7. The number of piperazine rings is 1. The van der Waals surface area contributed by atoms with Gasteiger partial charge in [0.1, 0.15) is 0 Å². The second kappa shape index (κ2) is 10.8. The number of aromatic nitrogens is 2. The Morgan fingerprint density at radius 2 is 1.88 bits per heavy atom. The third-order valence-corrected chi connectivity index (χ3v) is 6.68. The average molecular weight is 438 g/mol. The Kier molecular flexibility index (Phi) is 7.58. The minimum atomic E-state index is -0.108. The van der Waals surface area contributed by atoms with Crippen molar-refractivity contribution < 1.29 is 4.79 Å². The molecule has 172 valence electrons. The lowest BCUT2D eigenvalue weighted by Gasteiger charge is -2.39. The normalized spacial score (nSPS) is 19.8. The third-order valence-electron chi connectivity index (χ3n) is 6.68. The van der Waals surface area contributed by atoms with Crippen molar-refractivity contribution in [1.82, 2.24) is 19.6 Å². The number of carbonyl (C=O) groups is 1. The molecule has 1 atom stereocenters. The van der Waals surface area contributed by atoms with E-state index in [9.17, 15) is 9.59 Å². The Labute approximate surface area is 190 Å². The number of anilines is 1. The smallest absolute Gasteiger partial charge is 0.269 e. The second-order valence-electron chi connectivity index (χ2n) is 9.00. The number of carbonyl (C=O) groups excluding carboxylic acids is 1. The Bertz CT molecular complexity index is 937. The number of unbranched alkanes of at least 4 members (excludes halogenated alkanes) is 1. The Morgan fingerprint density at radius 1 is 1.09 bits per heavy atom. The predicted octanol–water partition coefficient (Wildman–Crippen LogP) is 2.45. The van der Waals surface area contributed by atoms with Crippen molar-refractivity contribution >= 4 is 11.6 Å². The summed E-state index contributed by atoms with van der Waals surface area (Å²) >= 11 is 0. The van der Waals surface area contributed by atoms with Gasteiger partial charge in [-0.25, -0.2) is 4.68 Å². The van der Waals surface area contributed by atoms with Crippen LogP contribution in [0.3, 0.4) is 0 Å². The zero-order valence-corrected chi connectivity index (χ0v) is 19.2. The minimum Gasteiger partial charge on any atom is -0.369 e. The first-order valence-electron chi connectivity index (χ1n) is 12.0. The number of piperidine rings is 1. The van der Waals surface area contributed by atoms with E-state index in [4.69, 9.17) is 0 Å². The summed E-state index contributed by atoms with van der Waals surface area (Å²) in [6.45, 7) is 8.96. The van der Waals surface area contributed by atoms with Gasteiger partial charge >= 0.3 is 0 Å². The van der Waals surface area contributed by atoms with Crippen LogP contribution in [0, 0.1) is 5.92 Å². The molecule has 2 aromatic rings. The first kappa shape index (κ1) is 22.5. The van der Waals surface area contributed by atoms with Crippen LogP contribution in [0.5, 0.6) is 0 Å². The summed E-state index contributed by atoms with van der Waals surface area (Å²) in [5.74, 6) is 0.271. The molecule has 1 amide bonds. The summed E-state index contributed by atoms with van der Waals surface area (Å²) in [7, 11) is 0. The number of hydrogen-bond donors (Lipinski definition) is 0. The molecule has 32 heavy (non-hydrogen) atoms. The highest BCUT2D eigenvalue weighted by molar-refractivity contribution is 5.80. The maximum atomic E-state index is 13.2. The molecule has 7 nitrogen and oxygen atoms in total. The van der Waals surface area contributed by atoms with Crippen LogP contribution < -0.4 is 10.5 Å². The Morgan fingerprint density at radius 3 is 2.59 bits per heavy atom. The molecule has 0 radical (unpaired) electrons. The number of nitrogens with zero attached hydrogens (tertiary/aromatic N) is 5. The van der Waals surface area contributed by atoms with E-state index in [0.717, 1.165) is 63.4 Å². The molecule has 4 rings (SSSR count). The van der Waals surface area contributed by atoms with E-state index in [2.05, 4.69) is 21.8 Å². The van der Waals surface area contributed by atoms with Gasteiger partial charge in [0.15, 0.2) is 0 Å². The molecular formula is C25H35N5O2. The van der Waals surface area contributed by atoms with Crippen LogP contribution in [0.4, 0.5) is 5.69 Å². The van der Waals surface area contributed by atoms with E-state index in [1.165, 1.54) is 17.5 Å². The standard InChI is InChI=1S/C25H35N5O2/c1-2-3-11-27-13-15-28(16-14-27)25(32)22-10-7-12-29(20-22)23-17-24(31)30(26-18-23)19-21-8-5-4-6-9-21/h4-6,8-9,17-18,22H,2-3,7,10-16,19-20H2,1H3. The van der Waals surface area contributed by atoms with Crippen molar-refractivity contribution in [2.45, 2.75) is 39.2 Å². The van der Waals surface area contributed by atoms with Gasteiger partial charge in [0.2, 0.25) is 5.91 Å². The van der Waals surface area contributed by atoms with Crippen LogP contribution in [0.1, 0.15) is 38.2 Å². The van der Waals surface area contributed by atoms with Gasteiger partial charge in [0.05, 0.1) is 24.3 Å². The molecule has 2 saturated heterocycles. The van der Waals surface area contributed by atoms with Crippen LogP contribution >= 0.6 is 0 Å². The van der Waals surface area contributed by atoms with Crippen LogP contribution in [0.2, 0.25) is 0 Å². The van der Waals surface area contributed by atoms with Gasteiger partial charge in [-0.15, -0.1) is 0 Å². The van der Waals surface area contributed by atoms with Crippen LogP contribution in [0.25, 0.3) is 0 Å². The maximum absolute atomic E-state index is 13.2. The van der Waals surface area contributed by atoms with Crippen LogP contribution in [-0.2, 0) is 11.3 Å². The zero-order chi connectivity index (χ0) is 22.3. The fourth-order valence-corrected chi connectivity index (χ4v) is 4.72. The van der Waals surface area contributed by atoms with E-state index in [-0.39, 0.29) is 17.4 Å². The highest BCUT2D eigenvalue weighted by Crippen LogP contribution is 2.24. The highest BCUT2D eigenvalue weighted by Gasteiger charge is 2.31. The van der Waals surface area contributed by atoms with Crippen molar-refractivity contribution in [3.05, 3.63) is 58.5 Å². The van der Waals surface area contributed by atoms with Gasteiger partial charge in [-0.05, 0) is 31.4 Å². The van der Waals surface area contributed by atoms with Crippen LogP contribution in [-0.4, -0.2) is 71.3 Å². The summed E-state index contributed by atoms with van der Waals surface area (Å²) in [6.07, 6.45) is 6.08. The molecule has 0 saturated carbocycles. The predicted molar refractivity (Wildman–Crippen MR) is 127 cm³/mol. The molecule has 0 bridgehead atoms. The first-order valence-corrected chi connectivity index (χ1v) is 12.0. The molecule has 0 aliphatic carbocycles. The molecule has 1 unspecified atom stereocenters. The van der Waals surface area contributed by atoms with Crippen molar-refractivity contribution in [3.63, 3.8) is 0 Å². The minimum absolute atomic E-state index is 0.00214. The molecule has 1 aromatic carbocycles. The van der Waals surface area contributed by atoms with Gasteiger partial charge in [0.25, 0.3) is 5.56 Å². The SMILES string of the molecule is CCCCN1CCN(C(=O)C2CCCN(c3cnn(Cc4ccccc4)c(=O)c3)C2)CC1.